The summed E-state index contributed by atoms with van der Waals surface area (Å²) in [4.78, 5) is 26.7. The van der Waals surface area contributed by atoms with E-state index in [1.54, 1.807) is 18.2 Å². The highest BCUT2D eigenvalue weighted by Crippen LogP contribution is 2.34. The second kappa shape index (κ2) is 7.49. The minimum Gasteiger partial charge on any atom is -0.354 e. The maximum Gasteiger partial charge on any atom is 0.240 e. The van der Waals surface area contributed by atoms with Crippen molar-refractivity contribution >= 4 is 29.3 Å². The molecule has 1 aliphatic heterocycles. The summed E-state index contributed by atoms with van der Waals surface area (Å²) < 4.78 is 13.5. The Morgan fingerprint density at radius 2 is 1.92 bits per heavy atom. The van der Waals surface area contributed by atoms with Crippen LogP contribution in [0, 0.1) is 5.82 Å². The van der Waals surface area contributed by atoms with Gasteiger partial charge in [0.1, 0.15) is 12.4 Å². The minimum atomic E-state index is -0.274. The normalized spacial score (nSPS) is 13.5. The SMILES string of the molecule is O=C(CN1C(=O)CSc2ccccc21)NCCc1ccccc1F. The Hall–Kier alpha value is -2.34. The molecule has 2 aromatic carbocycles. The van der Waals surface area contributed by atoms with Gasteiger partial charge in [0.25, 0.3) is 0 Å². The van der Waals surface area contributed by atoms with Gasteiger partial charge in [0.2, 0.25) is 11.8 Å². The molecule has 0 radical (unpaired) electrons. The Bertz CT molecular complexity index is 766. The zero-order valence-corrected chi connectivity index (χ0v) is 13.8. The van der Waals surface area contributed by atoms with E-state index in [9.17, 15) is 14.0 Å². The second-order valence-electron chi connectivity index (χ2n) is 5.43. The third-order valence-corrected chi connectivity index (χ3v) is 4.83. The summed E-state index contributed by atoms with van der Waals surface area (Å²) in [5.74, 6) is -0.271. The van der Waals surface area contributed by atoms with Crippen molar-refractivity contribution in [3.05, 3.63) is 59.9 Å². The predicted molar refractivity (Wildman–Crippen MR) is 92.6 cm³/mol. The summed E-state index contributed by atoms with van der Waals surface area (Å²) in [6, 6.07) is 14.0. The molecule has 6 heteroatoms. The van der Waals surface area contributed by atoms with Crippen molar-refractivity contribution in [2.75, 3.05) is 23.7 Å². The van der Waals surface area contributed by atoms with Crippen molar-refractivity contribution in [1.29, 1.82) is 0 Å². The molecule has 0 saturated heterocycles. The number of para-hydroxylation sites is 1. The molecule has 0 saturated carbocycles. The van der Waals surface area contributed by atoms with Gasteiger partial charge in [-0.1, -0.05) is 30.3 Å². The van der Waals surface area contributed by atoms with Crippen LogP contribution in [0.25, 0.3) is 0 Å². The average Bonchev–Trinajstić information content (AvgIpc) is 2.59. The van der Waals surface area contributed by atoms with Crippen LogP contribution >= 0.6 is 11.8 Å². The van der Waals surface area contributed by atoms with E-state index in [1.165, 1.54) is 22.7 Å². The van der Waals surface area contributed by atoms with Gasteiger partial charge in [-0.25, -0.2) is 4.39 Å². The molecule has 124 valence electrons. The van der Waals surface area contributed by atoms with Crippen molar-refractivity contribution in [1.82, 2.24) is 5.32 Å². The van der Waals surface area contributed by atoms with Crippen LogP contribution in [-0.2, 0) is 16.0 Å². The van der Waals surface area contributed by atoms with Gasteiger partial charge >= 0.3 is 0 Å². The number of carbonyl (C=O) groups excluding carboxylic acids is 2. The topological polar surface area (TPSA) is 49.4 Å². The van der Waals surface area contributed by atoms with Gasteiger partial charge in [-0.2, -0.15) is 0 Å². The first-order chi connectivity index (χ1) is 11.6. The van der Waals surface area contributed by atoms with E-state index in [1.807, 2.05) is 24.3 Å². The van der Waals surface area contributed by atoms with Crippen molar-refractivity contribution in [2.45, 2.75) is 11.3 Å². The van der Waals surface area contributed by atoms with Gasteiger partial charge < -0.3 is 10.2 Å². The van der Waals surface area contributed by atoms with Gasteiger partial charge in [-0.3, -0.25) is 9.59 Å². The third kappa shape index (κ3) is 3.76. The maximum absolute atomic E-state index is 13.5. The van der Waals surface area contributed by atoms with E-state index < -0.39 is 0 Å². The van der Waals surface area contributed by atoms with Crippen molar-refractivity contribution in [2.24, 2.45) is 0 Å². The fourth-order valence-electron chi connectivity index (χ4n) is 2.56. The van der Waals surface area contributed by atoms with Crippen molar-refractivity contribution in [3.8, 4) is 0 Å². The molecule has 2 aromatic rings. The molecule has 0 atom stereocenters. The van der Waals surface area contributed by atoms with E-state index in [-0.39, 0.29) is 24.2 Å². The average molecular weight is 344 g/mol. The number of amides is 2. The Labute approximate surface area is 144 Å². The standard InChI is InChI=1S/C18H17FN2O2S/c19-14-6-2-1-5-13(14)9-10-20-17(22)11-21-15-7-3-4-8-16(15)24-12-18(21)23/h1-8H,9-12H2,(H,20,22). The lowest BCUT2D eigenvalue weighted by atomic mass is 10.1. The first kappa shape index (κ1) is 16.5. The first-order valence-corrected chi connectivity index (χ1v) is 8.66. The molecule has 2 amide bonds. The number of halogens is 1. The van der Waals surface area contributed by atoms with Crippen LogP contribution in [0.2, 0.25) is 0 Å². The van der Waals surface area contributed by atoms with Crippen LogP contribution in [0.15, 0.2) is 53.4 Å². The number of fused-ring (bicyclic) bond motifs is 1. The fourth-order valence-corrected chi connectivity index (χ4v) is 3.50. The number of carbonyl (C=O) groups is 2. The predicted octanol–water partition coefficient (Wildman–Crippen LogP) is 2.62. The van der Waals surface area contributed by atoms with Gasteiger partial charge in [-0.15, -0.1) is 11.8 Å². The van der Waals surface area contributed by atoms with Gasteiger partial charge in [-0.05, 0) is 30.2 Å². The van der Waals surface area contributed by atoms with Crippen LogP contribution in [-0.4, -0.2) is 30.7 Å². The summed E-state index contributed by atoms with van der Waals surface area (Å²) in [5, 5.41) is 2.75. The molecule has 1 N–H and O–H groups in total. The number of rotatable bonds is 5. The summed E-state index contributed by atoms with van der Waals surface area (Å²) >= 11 is 1.48. The number of thioether (sulfide) groups is 1. The molecule has 0 aromatic heterocycles. The smallest absolute Gasteiger partial charge is 0.240 e. The van der Waals surface area contributed by atoms with E-state index >= 15 is 0 Å². The van der Waals surface area contributed by atoms with Crippen LogP contribution in [0.5, 0.6) is 0 Å². The molecule has 3 rings (SSSR count). The monoisotopic (exact) mass is 344 g/mol. The highest BCUT2D eigenvalue weighted by Gasteiger charge is 2.25. The number of nitrogens with one attached hydrogen (secondary N) is 1. The number of hydrogen-bond acceptors (Lipinski definition) is 3. The minimum absolute atomic E-state index is 0.0202. The molecule has 0 spiro atoms. The van der Waals surface area contributed by atoms with Gasteiger partial charge in [0.15, 0.2) is 0 Å². The van der Waals surface area contributed by atoms with Gasteiger partial charge in [0, 0.05) is 11.4 Å². The molecule has 0 aliphatic carbocycles. The fraction of sp³-hybridized carbons (Fsp3) is 0.222. The number of anilines is 1. The van der Waals surface area contributed by atoms with E-state index in [0.29, 0.717) is 24.3 Å². The molecular weight excluding hydrogens is 327 g/mol. The zero-order chi connectivity index (χ0) is 16.9. The summed E-state index contributed by atoms with van der Waals surface area (Å²) in [6.07, 6.45) is 0.415. The highest BCUT2D eigenvalue weighted by molar-refractivity contribution is 8.00. The molecule has 24 heavy (non-hydrogen) atoms. The summed E-state index contributed by atoms with van der Waals surface area (Å²) in [7, 11) is 0. The highest BCUT2D eigenvalue weighted by atomic mass is 32.2. The number of benzene rings is 2. The third-order valence-electron chi connectivity index (χ3n) is 3.78. The molecular formula is C18H17FN2O2S. The van der Waals surface area contributed by atoms with E-state index in [2.05, 4.69) is 5.32 Å². The second-order valence-corrected chi connectivity index (χ2v) is 6.44. The molecule has 0 fully saturated rings. The molecule has 1 heterocycles. The van der Waals surface area contributed by atoms with Crippen LogP contribution in [0.4, 0.5) is 10.1 Å². The molecule has 0 unspecified atom stereocenters. The lowest BCUT2D eigenvalue weighted by molar-refractivity contribution is -0.122. The van der Waals surface area contributed by atoms with Crippen LogP contribution in [0.3, 0.4) is 0 Å². The quantitative estimate of drug-likeness (QED) is 0.907. The largest absolute Gasteiger partial charge is 0.354 e. The van der Waals surface area contributed by atoms with Crippen LogP contribution in [0.1, 0.15) is 5.56 Å². The lowest BCUT2D eigenvalue weighted by Gasteiger charge is -2.28. The summed E-state index contributed by atoms with van der Waals surface area (Å²) in [5.41, 5.74) is 1.33. The zero-order valence-electron chi connectivity index (χ0n) is 13.0. The number of hydrogen-bond donors (Lipinski definition) is 1. The van der Waals surface area contributed by atoms with E-state index in [4.69, 9.17) is 0 Å². The van der Waals surface area contributed by atoms with Crippen LogP contribution < -0.4 is 10.2 Å². The van der Waals surface area contributed by atoms with E-state index in [0.717, 1.165) is 10.6 Å². The Morgan fingerprint density at radius 3 is 2.75 bits per heavy atom. The molecule has 4 nitrogen and oxygen atoms in total. The van der Waals surface area contributed by atoms with Gasteiger partial charge in [0.05, 0.1) is 11.4 Å². The molecule has 1 aliphatic rings. The summed E-state index contributed by atoms with van der Waals surface area (Å²) in [6.45, 7) is 0.311. The molecule has 0 bridgehead atoms. The first-order valence-electron chi connectivity index (χ1n) is 7.67. The Balaban J connectivity index is 1.57. The maximum atomic E-state index is 13.5. The number of nitrogens with zero attached hydrogens (tertiary/aromatic N) is 1. The Morgan fingerprint density at radius 1 is 1.17 bits per heavy atom. The van der Waals surface area contributed by atoms with Crippen molar-refractivity contribution in [3.63, 3.8) is 0 Å². The lowest BCUT2D eigenvalue weighted by Crippen LogP contribution is -2.43. The Kier molecular flexibility index (Phi) is 5.15. The van der Waals surface area contributed by atoms with Crippen molar-refractivity contribution < 1.29 is 14.0 Å².